The van der Waals surface area contributed by atoms with Crippen LogP contribution >= 0.6 is 0 Å². The molecule has 7 nitrogen and oxygen atoms in total. The number of aromatic amines is 1. The number of fused-ring (bicyclic) bond motifs is 1. The van der Waals surface area contributed by atoms with Gasteiger partial charge in [-0.3, -0.25) is 19.4 Å². The first-order valence-corrected chi connectivity index (χ1v) is 7.75. The van der Waals surface area contributed by atoms with E-state index in [1.165, 1.54) is 7.11 Å². The Kier molecular flexibility index (Phi) is 4.01. The minimum atomic E-state index is -0.424. The molecule has 0 bridgehead atoms. The van der Waals surface area contributed by atoms with Crippen molar-refractivity contribution in [3.05, 3.63) is 51.3 Å². The van der Waals surface area contributed by atoms with Gasteiger partial charge in [0, 0.05) is 18.4 Å². The zero-order valence-electron chi connectivity index (χ0n) is 13.8. The fourth-order valence-electron chi connectivity index (χ4n) is 3.03. The molecule has 0 fully saturated rings. The summed E-state index contributed by atoms with van der Waals surface area (Å²) in [6.45, 7) is 3.86. The summed E-state index contributed by atoms with van der Waals surface area (Å²) in [6, 6.07) is 6.81. The van der Waals surface area contributed by atoms with Crippen molar-refractivity contribution in [2.75, 3.05) is 12.4 Å². The molecule has 0 aliphatic carbocycles. The van der Waals surface area contributed by atoms with Crippen molar-refractivity contribution in [3.8, 4) is 0 Å². The van der Waals surface area contributed by atoms with E-state index in [0.29, 0.717) is 16.9 Å². The molecule has 1 aliphatic rings. The number of amides is 1. The molecule has 0 saturated carbocycles. The number of aromatic nitrogens is 2. The molecule has 0 radical (unpaired) electrons. The minimum absolute atomic E-state index is 0.0159. The Balaban J connectivity index is 2.06. The molecule has 0 saturated heterocycles. The maximum absolute atomic E-state index is 12.4. The van der Waals surface area contributed by atoms with Gasteiger partial charge in [-0.15, -0.1) is 0 Å². The molecule has 2 N–H and O–H groups in total. The van der Waals surface area contributed by atoms with Crippen LogP contribution in [0.25, 0.3) is 0 Å². The summed E-state index contributed by atoms with van der Waals surface area (Å²) >= 11 is 0. The van der Waals surface area contributed by atoms with Crippen LogP contribution in [0.3, 0.4) is 0 Å². The Labute approximate surface area is 138 Å². The number of nitrogens with zero attached hydrogens (tertiary/aromatic N) is 1. The Morgan fingerprint density at radius 1 is 1.25 bits per heavy atom. The van der Waals surface area contributed by atoms with Crippen LogP contribution in [-0.4, -0.2) is 28.8 Å². The Hall–Kier alpha value is -2.83. The van der Waals surface area contributed by atoms with Gasteiger partial charge in [-0.05, 0) is 31.5 Å². The van der Waals surface area contributed by atoms with Crippen molar-refractivity contribution in [1.29, 1.82) is 0 Å². The van der Waals surface area contributed by atoms with Crippen LogP contribution in [0.2, 0.25) is 0 Å². The van der Waals surface area contributed by atoms with Crippen molar-refractivity contribution in [2.24, 2.45) is 0 Å². The van der Waals surface area contributed by atoms with Gasteiger partial charge in [0.05, 0.1) is 18.2 Å². The molecule has 1 amide bonds. The number of ether oxygens (including phenoxy) is 1. The van der Waals surface area contributed by atoms with E-state index in [1.54, 1.807) is 28.9 Å². The zero-order valence-corrected chi connectivity index (χ0v) is 13.8. The summed E-state index contributed by atoms with van der Waals surface area (Å²) in [5, 5.41) is 5.57. The SMILES string of the molecule is COC(=O)c1ccc(C2CC(=O)Nc3c2c(=O)[nH]n3C(C)C)cc1. The lowest BCUT2D eigenvalue weighted by molar-refractivity contribution is -0.116. The number of H-pyrrole nitrogens is 1. The van der Waals surface area contributed by atoms with Crippen LogP contribution in [0.1, 0.15) is 53.7 Å². The smallest absolute Gasteiger partial charge is 0.337 e. The van der Waals surface area contributed by atoms with Crippen LogP contribution in [0.15, 0.2) is 29.1 Å². The molecular formula is C17H19N3O4. The fraction of sp³-hybridized carbons (Fsp3) is 0.353. The third kappa shape index (κ3) is 2.62. The average Bonchev–Trinajstić information content (AvgIpc) is 2.90. The maximum atomic E-state index is 12.4. The highest BCUT2D eigenvalue weighted by Gasteiger charge is 2.33. The molecule has 0 spiro atoms. The second-order valence-corrected chi connectivity index (χ2v) is 6.09. The quantitative estimate of drug-likeness (QED) is 0.843. The molecule has 1 unspecified atom stereocenters. The second-order valence-electron chi connectivity index (χ2n) is 6.09. The van der Waals surface area contributed by atoms with Crippen molar-refractivity contribution in [1.82, 2.24) is 9.78 Å². The second kappa shape index (κ2) is 5.99. The van der Waals surface area contributed by atoms with E-state index < -0.39 is 5.97 Å². The standard InChI is InChI=1S/C17H19N3O4/c1-9(2)20-15-14(16(22)19-20)12(8-13(21)18-15)10-4-6-11(7-5-10)17(23)24-3/h4-7,9,12H,8H2,1-3H3,(H,18,21)(H,19,22). The fourth-order valence-corrected chi connectivity index (χ4v) is 3.03. The van der Waals surface area contributed by atoms with E-state index in [1.807, 2.05) is 13.8 Å². The average molecular weight is 329 g/mol. The van der Waals surface area contributed by atoms with Gasteiger partial charge in [-0.2, -0.15) is 0 Å². The lowest BCUT2D eigenvalue weighted by Gasteiger charge is -2.24. The van der Waals surface area contributed by atoms with E-state index in [4.69, 9.17) is 0 Å². The highest BCUT2D eigenvalue weighted by Crippen LogP contribution is 2.35. The van der Waals surface area contributed by atoms with Gasteiger partial charge in [-0.25, -0.2) is 4.79 Å². The molecule has 1 aromatic carbocycles. The number of carbonyl (C=O) groups is 2. The van der Waals surface area contributed by atoms with E-state index in [-0.39, 0.29) is 29.8 Å². The molecule has 126 valence electrons. The van der Waals surface area contributed by atoms with Gasteiger partial charge in [0.25, 0.3) is 5.56 Å². The van der Waals surface area contributed by atoms with E-state index >= 15 is 0 Å². The molecule has 2 heterocycles. The van der Waals surface area contributed by atoms with E-state index in [0.717, 1.165) is 5.56 Å². The minimum Gasteiger partial charge on any atom is -0.465 e. The monoisotopic (exact) mass is 329 g/mol. The number of hydrogen-bond donors (Lipinski definition) is 2. The predicted octanol–water partition coefficient (Wildman–Crippen LogP) is 2.02. The normalized spacial score (nSPS) is 16.7. The number of hydrogen-bond acceptors (Lipinski definition) is 4. The number of carbonyl (C=O) groups excluding carboxylic acids is 2. The number of esters is 1. The summed E-state index contributed by atoms with van der Waals surface area (Å²) < 4.78 is 6.35. The lowest BCUT2D eigenvalue weighted by atomic mass is 9.87. The van der Waals surface area contributed by atoms with Crippen LogP contribution < -0.4 is 10.9 Å². The van der Waals surface area contributed by atoms with Gasteiger partial charge < -0.3 is 10.1 Å². The molecule has 1 aromatic heterocycles. The summed E-state index contributed by atoms with van der Waals surface area (Å²) in [5.74, 6) is -0.386. The van der Waals surface area contributed by atoms with Crippen molar-refractivity contribution >= 4 is 17.7 Å². The Morgan fingerprint density at radius 2 is 1.92 bits per heavy atom. The van der Waals surface area contributed by atoms with E-state index in [9.17, 15) is 14.4 Å². The maximum Gasteiger partial charge on any atom is 0.337 e. The first-order chi connectivity index (χ1) is 11.4. The van der Waals surface area contributed by atoms with Gasteiger partial charge in [-0.1, -0.05) is 12.1 Å². The number of benzene rings is 1. The Bertz CT molecular complexity index is 846. The Morgan fingerprint density at radius 3 is 2.50 bits per heavy atom. The molecule has 1 atom stereocenters. The van der Waals surface area contributed by atoms with Crippen LogP contribution in [-0.2, 0) is 9.53 Å². The predicted molar refractivity (Wildman–Crippen MR) is 88.3 cm³/mol. The first-order valence-electron chi connectivity index (χ1n) is 7.75. The molecule has 3 rings (SSSR count). The number of nitrogens with one attached hydrogen (secondary N) is 2. The third-order valence-corrected chi connectivity index (χ3v) is 4.21. The van der Waals surface area contributed by atoms with Crippen LogP contribution in [0.5, 0.6) is 0 Å². The molecule has 1 aliphatic heterocycles. The summed E-state index contributed by atoms with van der Waals surface area (Å²) in [7, 11) is 1.32. The number of methoxy groups -OCH3 is 1. The topological polar surface area (TPSA) is 93.2 Å². The van der Waals surface area contributed by atoms with Crippen LogP contribution in [0.4, 0.5) is 5.82 Å². The van der Waals surface area contributed by atoms with Gasteiger partial charge in [0.1, 0.15) is 5.82 Å². The first kappa shape index (κ1) is 16.0. The molecule has 7 heteroatoms. The highest BCUT2D eigenvalue weighted by molar-refractivity contribution is 5.94. The molecule has 24 heavy (non-hydrogen) atoms. The summed E-state index contributed by atoms with van der Waals surface area (Å²) in [6.07, 6.45) is 0.190. The number of rotatable bonds is 3. The van der Waals surface area contributed by atoms with E-state index in [2.05, 4.69) is 15.2 Å². The summed E-state index contributed by atoms with van der Waals surface area (Å²) in [5.41, 5.74) is 1.58. The van der Waals surface area contributed by atoms with Gasteiger partial charge in [0.2, 0.25) is 5.91 Å². The third-order valence-electron chi connectivity index (χ3n) is 4.21. The number of anilines is 1. The van der Waals surface area contributed by atoms with Crippen molar-refractivity contribution < 1.29 is 14.3 Å². The van der Waals surface area contributed by atoms with Crippen molar-refractivity contribution in [3.63, 3.8) is 0 Å². The van der Waals surface area contributed by atoms with Crippen LogP contribution in [0, 0.1) is 0 Å². The van der Waals surface area contributed by atoms with Crippen molar-refractivity contribution in [2.45, 2.75) is 32.2 Å². The lowest BCUT2D eigenvalue weighted by Crippen LogP contribution is -2.27. The van der Waals surface area contributed by atoms with Gasteiger partial charge in [0.15, 0.2) is 0 Å². The molecular weight excluding hydrogens is 310 g/mol. The van der Waals surface area contributed by atoms with Gasteiger partial charge >= 0.3 is 5.97 Å². The highest BCUT2D eigenvalue weighted by atomic mass is 16.5. The largest absolute Gasteiger partial charge is 0.465 e. The summed E-state index contributed by atoms with van der Waals surface area (Å²) in [4.78, 5) is 36.0. The molecule has 2 aromatic rings. The zero-order chi connectivity index (χ0) is 17.4.